The molecule has 0 radical (unpaired) electrons. The number of halogens is 2. The Balaban J connectivity index is 0.000000295. The third kappa shape index (κ3) is 7.11. The van der Waals surface area contributed by atoms with Crippen molar-refractivity contribution in [2.24, 2.45) is 0 Å². The lowest BCUT2D eigenvalue weighted by Crippen LogP contribution is -2.03. The monoisotopic (exact) mass is 344 g/mol. The zero-order chi connectivity index (χ0) is 16.2. The van der Waals surface area contributed by atoms with Gasteiger partial charge in [0, 0.05) is 0 Å². The van der Waals surface area contributed by atoms with Crippen molar-refractivity contribution in [1.82, 2.24) is 0 Å². The zero-order valence-corrected chi connectivity index (χ0v) is 13.4. The predicted molar refractivity (Wildman–Crippen MR) is 88.0 cm³/mol. The van der Waals surface area contributed by atoms with Crippen LogP contribution in [-0.4, -0.2) is 36.6 Å². The number of benzene rings is 2. The summed E-state index contributed by atoms with van der Waals surface area (Å²) in [6.45, 7) is 0.696. The van der Waals surface area contributed by atoms with E-state index in [1.54, 1.807) is 24.3 Å². The third-order valence-electron chi connectivity index (χ3n) is 2.36. The average Bonchev–Trinajstić information content (AvgIpc) is 2.53. The van der Waals surface area contributed by atoms with Crippen molar-refractivity contribution < 1.29 is 19.7 Å². The lowest BCUT2D eigenvalue weighted by atomic mass is 10.3. The molecule has 0 amide bonds. The summed E-state index contributed by atoms with van der Waals surface area (Å²) in [4.78, 5) is 0. The summed E-state index contributed by atoms with van der Waals surface area (Å²) < 4.78 is 10.2. The fourth-order valence-corrected chi connectivity index (χ4v) is 1.75. The molecular formula is C16H18Cl2O4. The van der Waals surface area contributed by atoms with E-state index in [1.165, 1.54) is 0 Å². The van der Waals surface area contributed by atoms with E-state index in [2.05, 4.69) is 4.74 Å². The van der Waals surface area contributed by atoms with Crippen molar-refractivity contribution in [3.05, 3.63) is 58.6 Å². The van der Waals surface area contributed by atoms with Crippen LogP contribution in [0.1, 0.15) is 0 Å². The van der Waals surface area contributed by atoms with Crippen LogP contribution in [0.5, 0.6) is 11.5 Å². The van der Waals surface area contributed by atoms with Gasteiger partial charge in [0.1, 0.15) is 11.5 Å². The normalized spacial score (nSPS) is 9.82. The molecular weight excluding hydrogens is 327 g/mol. The molecule has 2 aromatic rings. The Hall–Kier alpha value is -1.30. The first-order valence-electron chi connectivity index (χ1n) is 6.65. The van der Waals surface area contributed by atoms with E-state index in [0.29, 0.717) is 34.8 Å². The van der Waals surface area contributed by atoms with Crippen LogP contribution in [0.15, 0.2) is 48.5 Å². The van der Waals surface area contributed by atoms with E-state index in [1.807, 2.05) is 24.3 Å². The number of ether oxygens (including phenoxy) is 2. The number of hydrogen-bond donors (Lipinski definition) is 2. The molecule has 120 valence electrons. The highest BCUT2D eigenvalue weighted by Gasteiger charge is 2.04. The highest BCUT2D eigenvalue weighted by Crippen LogP contribution is 2.32. The third-order valence-corrected chi connectivity index (χ3v) is 2.99. The molecule has 0 aliphatic carbocycles. The highest BCUT2D eigenvalue weighted by molar-refractivity contribution is 6.32. The summed E-state index contributed by atoms with van der Waals surface area (Å²) in [7, 11) is 0. The predicted octanol–water partition coefficient (Wildman–Crippen LogP) is 3.77. The molecule has 0 fully saturated rings. The van der Waals surface area contributed by atoms with Crippen LogP contribution in [0.4, 0.5) is 0 Å². The minimum absolute atomic E-state index is 0.0278. The molecule has 2 rings (SSSR count). The van der Waals surface area contributed by atoms with Gasteiger partial charge in [-0.3, -0.25) is 0 Å². The summed E-state index contributed by atoms with van der Waals surface area (Å²) in [5.41, 5.74) is 0. The molecule has 0 aromatic heterocycles. The molecule has 0 bridgehead atoms. The molecule has 0 saturated heterocycles. The molecule has 2 aromatic carbocycles. The van der Waals surface area contributed by atoms with Gasteiger partial charge in [0.05, 0.1) is 36.5 Å². The van der Waals surface area contributed by atoms with Gasteiger partial charge in [0.15, 0.2) is 0 Å². The molecule has 6 heteroatoms. The average molecular weight is 345 g/mol. The maximum absolute atomic E-state index is 8.09. The van der Waals surface area contributed by atoms with Gasteiger partial charge < -0.3 is 19.7 Å². The number of hydrogen-bond acceptors (Lipinski definition) is 4. The van der Waals surface area contributed by atoms with Crippen LogP contribution in [0.25, 0.3) is 0 Å². The van der Waals surface area contributed by atoms with Gasteiger partial charge in [-0.2, -0.15) is 0 Å². The van der Waals surface area contributed by atoms with Gasteiger partial charge in [-0.25, -0.2) is 0 Å². The number of aliphatic hydroxyl groups excluding tert-OH is 2. The molecule has 2 N–H and O–H groups in total. The van der Waals surface area contributed by atoms with Gasteiger partial charge in [0.25, 0.3) is 0 Å². The fourth-order valence-electron chi connectivity index (χ4n) is 1.40. The fraction of sp³-hybridized carbons (Fsp3) is 0.250. The second-order valence-electron chi connectivity index (χ2n) is 4.02. The standard InChI is InChI=1S/C12H8Cl2O.C4H10O3/c13-9-5-1-3-7-11(9)15-12-8-4-2-6-10(12)14;5-1-3-7-4-2-6/h1-8H;5-6H,1-4H2. The minimum Gasteiger partial charge on any atom is -0.454 e. The van der Waals surface area contributed by atoms with Gasteiger partial charge in [-0.05, 0) is 24.3 Å². The first-order chi connectivity index (χ1) is 10.7. The van der Waals surface area contributed by atoms with E-state index in [-0.39, 0.29) is 13.2 Å². The van der Waals surface area contributed by atoms with Crippen molar-refractivity contribution in [2.45, 2.75) is 0 Å². The van der Waals surface area contributed by atoms with Crippen molar-refractivity contribution in [1.29, 1.82) is 0 Å². The van der Waals surface area contributed by atoms with Crippen LogP contribution < -0.4 is 4.74 Å². The SMILES string of the molecule is Clc1ccccc1Oc1ccccc1Cl.OCCOCCO. The van der Waals surface area contributed by atoms with Crippen molar-refractivity contribution >= 4 is 23.2 Å². The van der Waals surface area contributed by atoms with E-state index < -0.39 is 0 Å². The van der Waals surface area contributed by atoms with Gasteiger partial charge >= 0.3 is 0 Å². The molecule has 0 aliphatic rings. The van der Waals surface area contributed by atoms with Gasteiger partial charge in [-0.15, -0.1) is 0 Å². The molecule has 22 heavy (non-hydrogen) atoms. The first-order valence-corrected chi connectivity index (χ1v) is 7.41. The Morgan fingerprint density at radius 1 is 0.727 bits per heavy atom. The number of para-hydroxylation sites is 2. The second kappa shape index (κ2) is 11.3. The second-order valence-corrected chi connectivity index (χ2v) is 4.84. The van der Waals surface area contributed by atoms with Crippen LogP contribution >= 0.6 is 23.2 Å². The van der Waals surface area contributed by atoms with Crippen LogP contribution in [0.3, 0.4) is 0 Å². The molecule has 0 heterocycles. The zero-order valence-electron chi connectivity index (χ0n) is 11.9. The summed E-state index contributed by atoms with van der Waals surface area (Å²) in [5, 5.41) is 17.3. The topological polar surface area (TPSA) is 58.9 Å². The maximum atomic E-state index is 8.09. The first kappa shape index (κ1) is 18.7. The van der Waals surface area contributed by atoms with E-state index in [0.717, 1.165) is 0 Å². The number of rotatable bonds is 6. The highest BCUT2D eigenvalue weighted by atomic mass is 35.5. The molecule has 0 spiro atoms. The Bertz CT molecular complexity index is 502. The maximum Gasteiger partial charge on any atom is 0.146 e. The van der Waals surface area contributed by atoms with Crippen LogP contribution in [0.2, 0.25) is 10.0 Å². The molecule has 0 saturated carbocycles. The lowest BCUT2D eigenvalue weighted by molar-refractivity contribution is 0.0650. The Labute approximate surface area is 139 Å². The summed E-state index contributed by atoms with van der Waals surface area (Å²) in [6.07, 6.45) is 0. The quantitative estimate of drug-likeness (QED) is 0.783. The van der Waals surface area contributed by atoms with Gasteiger partial charge in [-0.1, -0.05) is 47.5 Å². The smallest absolute Gasteiger partial charge is 0.146 e. The molecule has 4 nitrogen and oxygen atoms in total. The van der Waals surface area contributed by atoms with Crippen LogP contribution in [-0.2, 0) is 4.74 Å². The Morgan fingerprint density at radius 2 is 1.14 bits per heavy atom. The summed E-state index contributed by atoms with van der Waals surface area (Å²) >= 11 is 11.9. The van der Waals surface area contributed by atoms with Crippen molar-refractivity contribution in [3.8, 4) is 11.5 Å². The molecule has 0 atom stereocenters. The summed E-state index contributed by atoms with van der Waals surface area (Å²) in [5.74, 6) is 1.21. The van der Waals surface area contributed by atoms with Crippen LogP contribution in [0, 0.1) is 0 Å². The lowest BCUT2D eigenvalue weighted by Gasteiger charge is -2.08. The van der Waals surface area contributed by atoms with E-state index in [4.69, 9.17) is 38.2 Å². The Kier molecular flexibility index (Phi) is 9.62. The minimum atomic E-state index is 0.0278. The largest absolute Gasteiger partial charge is 0.454 e. The van der Waals surface area contributed by atoms with Gasteiger partial charge in [0.2, 0.25) is 0 Å². The molecule has 0 unspecified atom stereocenters. The Morgan fingerprint density at radius 3 is 1.50 bits per heavy atom. The van der Waals surface area contributed by atoms with E-state index in [9.17, 15) is 0 Å². The number of aliphatic hydroxyl groups is 2. The molecule has 0 aliphatic heterocycles. The van der Waals surface area contributed by atoms with Crippen molar-refractivity contribution in [2.75, 3.05) is 26.4 Å². The van der Waals surface area contributed by atoms with E-state index >= 15 is 0 Å². The van der Waals surface area contributed by atoms with Crippen molar-refractivity contribution in [3.63, 3.8) is 0 Å². The summed E-state index contributed by atoms with van der Waals surface area (Å²) in [6, 6.07) is 14.6.